The third-order valence-corrected chi connectivity index (χ3v) is 3.37. The summed E-state index contributed by atoms with van der Waals surface area (Å²) in [5.74, 6) is 0.925. The van der Waals surface area contributed by atoms with Gasteiger partial charge < -0.3 is 15.0 Å². The Kier molecular flexibility index (Phi) is 4.26. The van der Waals surface area contributed by atoms with E-state index >= 15 is 0 Å². The van der Waals surface area contributed by atoms with Gasteiger partial charge in [0.25, 0.3) is 0 Å². The van der Waals surface area contributed by atoms with Gasteiger partial charge in [-0.15, -0.1) is 0 Å². The molecule has 0 amide bonds. The number of ether oxygens (including phenoxy) is 1. The Morgan fingerprint density at radius 3 is 2.89 bits per heavy atom. The standard InChI is InChI=1S/C15H22N2O/c1-4-16-10-6-8-12-11(2)17-15-13(12)7-5-9-14(15)18-3/h5,7,9,16-17H,4,6,8,10H2,1-3H3. The number of para-hydroxylation sites is 1. The minimum atomic E-state index is 0.925. The van der Waals surface area contributed by atoms with Gasteiger partial charge in [-0.25, -0.2) is 0 Å². The Hall–Kier alpha value is -1.48. The molecule has 3 nitrogen and oxygen atoms in total. The van der Waals surface area contributed by atoms with Crippen LogP contribution in [0.5, 0.6) is 5.75 Å². The molecule has 0 spiro atoms. The first-order valence-corrected chi connectivity index (χ1v) is 6.62. The van der Waals surface area contributed by atoms with Crippen LogP contribution in [0.15, 0.2) is 18.2 Å². The molecule has 2 aromatic rings. The molecule has 1 aromatic carbocycles. The molecular formula is C15H22N2O. The van der Waals surface area contributed by atoms with E-state index in [0.717, 1.165) is 30.8 Å². The first-order chi connectivity index (χ1) is 8.77. The zero-order chi connectivity index (χ0) is 13.0. The van der Waals surface area contributed by atoms with Gasteiger partial charge >= 0.3 is 0 Å². The summed E-state index contributed by atoms with van der Waals surface area (Å²) in [6.45, 7) is 6.40. The molecule has 2 rings (SSSR count). The van der Waals surface area contributed by atoms with Crippen molar-refractivity contribution in [2.75, 3.05) is 20.2 Å². The minimum absolute atomic E-state index is 0.925. The molecule has 0 bridgehead atoms. The summed E-state index contributed by atoms with van der Waals surface area (Å²) < 4.78 is 5.40. The second kappa shape index (κ2) is 5.91. The predicted molar refractivity (Wildman–Crippen MR) is 76.5 cm³/mol. The number of hydrogen-bond acceptors (Lipinski definition) is 2. The Morgan fingerprint density at radius 2 is 2.17 bits per heavy atom. The summed E-state index contributed by atoms with van der Waals surface area (Å²) in [6.07, 6.45) is 2.27. The smallest absolute Gasteiger partial charge is 0.142 e. The van der Waals surface area contributed by atoms with E-state index in [1.165, 1.54) is 23.1 Å². The topological polar surface area (TPSA) is 37.0 Å². The monoisotopic (exact) mass is 246 g/mol. The molecule has 98 valence electrons. The molecule has 0 saturated carbocycles. The van der Waals surface area contributed by atoms with Gasteiger partial charge in [-0.05, 0) is 44.5 Å². The van der Waals surface area contributed by atoms with Gasteiger partial charge in [0.1, 0.15) is 5.75 Å². The highest BCUT2D eigenvalue weighted by Gasteiger charge is 2.10. The summed E-state index contributed by atoms with van der Waals surface area (Å²) in [7, 11) is 1.72. The number of benzene rings is 1. The fourth-order valence-electron chi connectivity index (χ4n) is 2.44. The lowest BCUT2D eigenvalue weighted by atomic mass is 10.1. The Bertz CT molecular complexity index is 516. The highest BCUT2D eigenvalue weighted by atomic mass is 16.5. The first kappa shape index (κ1) is 13.0. The van der Waals surface area contributed by atoms with Crippen LogP contribution >= 0.6 is 0 Å². The maximum absolute atomic E-state index is 5.40. The molecule has 0 atom stereocenters. The van der Waals surface area contributed by atoms with Gasteiger partial charge in [0.05, 0.1) is 12.6 Å². The van der Waals surface area contributed by atoms with E-state index in [2.05, 4.69) is 36.3 Å². The van der Waals surface area contributed by atoms with Crippen LogP contribution in [0.3, 0.4) is 0 Å². The van der Waals surface area contributed by atoms with E-state index in [1.54, 1.807) is 7.11 Å². The molecule has 0 aliphatic carbocycles. The molecule has 0 saturated heterocycles. The van der Waals surface area contributed by atoms with Gasteiger partial charge in [-0.2, -0.15) is 0 Å². The van der Waals surface area contributed by atoms with E-state index < -0.39 is 0 Å². The van der Waals surface area contributed by atoms with Crippen molar-refractivity contribution in [1.82, 2.24) is 10.3 Å². The molecule has 0 fully saturated rings. The maximum Gasteiger partial charge on any atom is 0.142 e. The molecule has 0 radical (unpaired) electrons. The third kappa shape index (κ3) is 2.51. The molecular weight excluding hydrogens is 224 g/mol. The van der Waals surface area contributed by atoms with Crippen LogP contribution in [0, 0.1) is 6.92 Å². The van der Waals surface area contributed by atoms with Gasteiger partial charge in [0, 0.05) is 11.1 Å². The fourth-order valence-corrected chi connectivity index (χ4v) is 2.44. The number of aromatic nitrogens is 1. The van der Waals surface area contributed by atoms with E-state index in [1.807, 2.05) is 6.07 Å². The van der Waals surface area contributed by atoms with Crippen molar-refractivity contribution in [3.63, 3.8) is 0 Å². The lowest BCUT2D eigenvalue weighted by Crippen LogP contribution is -2.14. The van der Waals surface area contributed by atoms with Gasteiger partial charge in [-0.3, -0.25) is 0 Å². The normalized spacial score (nSPS) is 11.1. The third-order valence-electron chi connectivity index (χ3n) is 3.37. The van der Waals surface area contributed by atoms with Crippen LogP contribution in [0.4, 0.5) is 0 Å². The average Bonchev–Trinajstić information content (AvgIpc) is 2.70. The Labute approximate surface area is 109 Å². The number of fused-ring (bicyclic) bond motifs is 1. The van der Waals surface area contributed by atoms with E-state index in [-0.39, 0.29) is 0 Å². The first-order valence-electron chi connectivity index (χ1n) is 6.62. The molecule has 1 aromatic heterocycles. The molecule has 1 heterocycles. The van der Waals surface area contributed by atoms with E-state index in [0.29, 0.717) is 0 Å². The lowest BCUT2D eigenvalue weighted by Gasteiger charge is -2.03. The molecule has 2 N–H and O–H groups in total. The van der Waals surface area contributed by atoms with Gasteiger partial charge in [0.15, 0.2) is 0 Å². The lowest BCUT2D eigenvalue weighted by molar-refractivity contribution is 0.419. The average molecular weight is 246 g/mol. The fraction of sp³-hybridized carbons (Fsp3) is 0.467. The number of methoxy groups -OCH3 is 1. The second-order valence-electron chi connectivity index (χ2n) is 4.57. The molecule has 0 aliphatic rings. The van der Waals surface area contributed by atoms with Gasteiger partial charge in [0.2, 0.25) is 0 Å². The van der Waals surface area contributed by atoms with Crippen molar-refractivity contribution in [2.45, 2.75) is 26.7 Å². The highest BCUT2D eigenvalue weighted by Crippen LogP contribution is 2.29. The van der Waals surface area contributed by atoms with E-state index in [4.69, 9.17) is 4.74 Å². The summed E-state index contributed by atoms with van der Waals surface area (Å²) in [5.41, 5.74) is 3.80. The molecule has 3 heteroatoms. The minimum Gasteiger partial charge on any atom is -0.495 e. The second-order valence-corrected chi connectivity index (χ2v) is 4.57. The number of aromatic amines is 1. The van der Waals surface area contributed by atoms with Crippen molar-refractivity contribution in [3.05, 3.63) is 29.5 Å². The maximum atomic E-state index is 5.40. The van der Waals surface area contributed by atoms with Crippen LogP contribution in [0.2, 0.25) is 0 Å². The van der Waals surface area contributed by atoms with Crippen LogP contribution in [0.25, 0.3) is 10.9 Å². The van der Waals surface area contributed by atoms with Crippen molar-refractivity contribution >= 4 is 10.9 Å². The van der Waals surface area contributed by atoms with Crippen molar-refractivity contribution in [2.24, 2.45) is 0 Å². The Morgan fingerprint density at radius 1 is 1.33 bits per heavy atom. The van der Waals surface area contributed by atoms with Crippen LogP contribution in [-0.4, -0.2) is 25.2 Å². The van der Waals surface area contributed by atoms with Crippen molar-refractivity contribution in [1.29, 1.82) is 0 Å². The number of nitrogens with one attached hydrogen (secondary N) is 2. The summed E-state index contributed by atoms with van der Waals surface area (Å²) in [5, 5.41) is 4.66. The number of rotatable bonds is 6. The number of hydrogen-bond donors (Lipinski definition) is 2. The largest absolute Gasteiger partial charge is 0.495 e. The quantitative estimate of drug-likeness (QED) is 0.769. The molecule has 0 aliphatic heterocycles. The van der Waals surface area contributed by atoms with E-state index in [9.17, 15) is 0 Å². The summed E-state index contributed by atoms with van der Waals surface area (Å²) in [4.78, 5) is 3.44. The summed E-state index contributed by atoms with van der Waals surface area (Å²) in [6, 6.07) is 6.23. The molecule has 18 heavy (non-hydrogen) atoms. The van der Waals surface area contributed by atoms with Crippen LogP contribution < -0.4 is 10.1 Å². The number of H-pyrrole nitrogens is 1. The zero-order valence-corrected chi connectivity index (χ0v) is 11.5. The highest BCUT2D eigenvalue weighted by molar-refractivity contribution is 5.89. The number of aryl methyl sites for hydroxylation is 2. The Balaban J connectivity index is 2.24. The van der Waals surface area contributed by atoms with Crippen LogP contribution in [0.1, 0.15) is 24.6 Å². The van der Waals surface area contributed by atoms with Crippen LogP contribution in [-0.2, 0) is 6.42 Å². The van der Waals surface area contributed by atoms with Crippen molar-refractivity contribution in [3.8, 4) is 5.75 Å². The van der Waals surface area contributed by atoms with Gasteiger partial charge in [-0.1, -0.05) is 19.1 Å². The predicted octanol–water partition coefficient (Wildman–Crippen LogP) is 3.03. The van der Waals surface area contributed by atoms with Crippen molar-refractivity contribution < 1.29 is 4.74 Å². The summed E-state index contributed by atoms with van der Waals surface area (Å²) >= 11 is 0. The SMILES string of the molecule is CCNCCCc1c(C)[nH]c2c(OC)cccc12. The molecule has 0 unspecified atom stereocenters. The zero-order valence-electron chi connectivity index (χ0n) is 11.5.